The largest absolute Gasteiger partial charge is 0.434 e. The number of para-hydroxylation sites is 1. The van der Waals surface area contributed by atoms with E-state index in [1.807, 2.05) is 0 Å². The minimum absolute atomic E-state index is 0.0762. The Labute approximate surface area is 146 Å². The van der Waals surface area contributed by atoms with Crippen molar-refractivity contribution in [1.82, 2.24) is 9.97 Å². The van der Waals surface area contributed by atoms with Gasteiger partial charge in [-0.05, 0) is 37.0 Å². The van der Waals surface area contributed by atoms with Crippen molar-refractivity contribution in [2.24, 2.45) is 5.10 Å². The Bertz CT molecular complexity index is 942. The van der Waals surface area contributed by atoms with E-state index >= 15 is 0 Å². The summed E-state index contributed by atoms with van der Waals surface area (Å²) in [6.07, 6.45) is 6.19. The van der Waals surface area contributed by atoms with Crippen molar-refractivity contribution in [2.75, 3.05) is 5.43 Å². The number of alkyl halides is 2. The molecule has 1 aliphatic carbocycles. The summed E-state index contributed by atoms with van der Waals surface area (Å²) in [7, 11) is 0. The zero-order valence-corrected chi connectivity index (χ0v) is 13.9. The van der Waals surface area contributed by atoms with Crippen molar-refractivity contribution in [2.45, 2.75) is 25.9 Å². The van der Waals surface area contributed by atoms with Crippen molar-refractivity contribution < 1.29 is 13.5 Å². The molecule has 0 fully saturated rings. The van der Waals surface area contributed by atoms with Gasteiger partial charge in [0.15, 0.2) is 5.82 Å². The first-order valence-corrected chi connectivity index (χ1v) is 8.62. The van der Waals surface area contributed by atoms with Crippen molar-refractivity contribution in [3.05, 3.63) is 46.6 Å². The molecule has 3 aromatic rings. The van der Waals surface area contributed by atoms with Crippen molar-refractivity contribution in [3.8, 4) is 5.75 Å². The molecule has 0 unspecified atom stereocenters. The monoisotopic (exact) mass is 360 g/mol. The molecule has 0 saturated heterocycles. The molecule has 2 aromatic heterocycles. The number of hydrogen-bond acceptors (Lipinski definition) is 6. The van der Waals surface area contributed by atoms with Gasteiger partial charge in [0, 0.05) is 10.4 Å². The molecule has 128 valence electrons. The normalized spacial score (nSPS) is 13.7. The molecule has 25 heavy (non-hydrogen) atoms. The number of hydrogen-bond donors (Lipinski definition) is 1. The number of hydrazone groups is 1. The van der Waals surface area contributed by atoms with Crippen LogP contribution in [0, 0.1) is 0 Å². The first-order valence-electron chi connectivity index (χ1n) is 7.80. The van der Waals surface area contributed by atoms with Crippen molar-refractivity contribution in [1.29, 1.82) is 0 Å². The van der Waals surface area contributed by atoms with E-state index in [9.17, 15) is 8.78 Å². The van der Waals surface area contributed by atoms with Gasteiger partial charge in [-0.1, -0.05) is 12.1 Å². The second-order valence-electron chi connectivity index (χ2n) is 5.55. The molecule has 1 N–H and O–H groups in total. The lowest BCUT2D eigenvalue weighted by atomic mass is 10.2. The Balaban J connectivity index is 1.60. The molecule has 1 aliphatic rings. The second kappa shape index (κ2) is 6.72. The van der Waals surface area contributed by atoms with Gasteiger partial charge >= 0.3 is 6.61 Å². The zero-order valence-electron chi connectivity index (χ0n) is 13.1. The van der Waals surface area contributed by atoms with Crippen molar-refractivity contribution in [3.63, 3.8) is 0 Å². The van der Waals surface area contributed by atoms with Crippen LogP contribution in [0.5, 0.6) is 5.75 Å². The third kappa shape index (κ3) is 3.17. The summed E-state index contributed by atoms with van der Waals surface area (Å²) in [5.41, 5.74) is 4.66. The number of halogens is 2. The molecular weight excluding hydrogens is 346 g/mol. The minimum Gasteiger partial charge on any atom is -0.434 e. The summed E-state index contributed by atoms with van der Waals surface area (Å²) in [4.78, 5) is 10.9. The maximum atomic E-state index is 12.5. The number of thiophene rings is 1. The van der Waals surface area contributed by atoms with Crippen LogP contribution in [0.3, 0.4) is 0 Å². The number of fused-ring (bicyclic) bond motifs is 3. The Hall–Kier alpha value is -2.61. The van der Waals surface area contributed by atoms with E-state index in [4.69, 9.17) is 0 Å². The molecule has 0 atom stereocenters. The molecule has 0 radical (unpaired) electrons. The standard InChI is InChI=1S/C17H14F2N4OS/c18-17(19)24-12-6-2-1-4-10(12)8-22-23-15-14-11-5-3-7-13(11)25-16(14)21-9-20-15/h1-2,4,6,8-9,17H,3,5,7H2,(H,20,21,23)/b22-8-. The van der Waals surface area contributed by atoms with Crippen LogP contribution in [-0.4, -0.2) is 22.8 Å². The Morgan fingerprint density at radius 3 is 3.00 bits per heavy atom. The summed E-state index contributed by atoms with van der Waals surface area (Å²) in [5.74, 6) is 0.709. The number of nitrogens with one attached hydrogen (secondary N) is 1. The van der Waals surface area contributed by atoms with Gasteiger partial charge in [0.25, 0.3) is 0 Å². The number of aryl methyl sites for hydroxylation is 2. The summed E-state index contributed by atoms with van der Waals surface area (Å²) >= 11 is 1.69. The maximum Gasteiger partial charge on any atom is 0.387 e. The number of aromatic nitrogens is 2. The molecule has 0 bridgehead atoms. The highest BCUT2D eigenvalue weighted by Gasteiger charge is 2.20. The fourth-order valence-corrected chi connectivity index (χ4v) is 4.20. The number of benzene rings is 1. The van der Waals surface area contributed by atoms with Crippen LogP contribution >= 0.6 is 11.3 Å². The lowest BCUT2D eigenvalue weighted by Crippen LogP contribution is -2.04. The van der Waals surface area contributed by atoms with Gasteiger partial charge in [0.2, 0.25) is 0 Å². The average Bonchev–Trinajstić information content (AvgIpc) is 3.17. The molecular formula is C17H14F2N4OS. The van der Waals surface area contributed by atoms with Gasteiger partial charge in [-0.15, -0.1) is 11.3 Å². The van der Waals surface area contributed by atoms with E-state index < -0.39 is 6.61 Å². The van der Waals surface area contributed by atoms with Gasteiger partial charge in [0.05, 0.1) is 11.6 Å². The topological polar surface area (TPSA) is 59.4 Å². The van der Waals surface area contributed by atoms with Crippen LogP contribution in [0.2, 0.25) is 0 Å². The molecule has 0 saturated carbocycles. The summed E-state index contributed by atoms with van der Waals surface area (Å²) < 4.78 is 29.4. The molecule has 2 heterocycles. The minimum atomic E-state index is -2.88. The van der Waals surface area contributed by atoms with Gasteiger partial charge in [-0.25, -0.2) is 9.97 Å². The third-order valence-electron chi connectivity index (χ3n) is 4.01. The molecule has 0 aliphatic heterocycles. The zero-order chi connectivity index (χ0) is 17.2. The Morgan fingerprint density at radius 1 is 1.24 bits per heavy atom. The summed E-state index contributed by atoms with van der Waals surface area (Å²) in [5, 5.41) is 5.16. The van der Waals surface area contributed by atoms with Crippen LogP contribution < -0.4 is 10.2 Å². The van der Waals surface area contributed by atoms with E-state index in [1.165, 1.54) is 29.0 Å². The molecule has 5 nitrogen and oxygen atoms in total. The first kappa shape index (κ1) is 15.9. The second-order valence-corrected chi connectivity index (χ2v) is 6.63. The molecule has 0 spiro atoms. The van der Waals surface area contributed by atoms with E-state index in [0.717, 1.165) is 29.5 Å². The van der Waals surface area contributed by atoms with Crippen LogP contribution in [0.25, 0.3) is 10.2 Å². The molecule has 8 heteroatoms. The van der Waals surface area contributed by atoms with Gasteiger partial charge < -0.3 is 4.74 Å². The summed E-state index contributed by atoms with van der Waals surface area (Å²) in [6.45, 7) is -2.88. The van der Waals surface area contributed by atoms with Crippen molar-refractivity contribution >= 4 is 33.6 Å². The smallest absolute Gasteiger partial charge is 0.387 e. The molecule has 1 aromatic carbocycles. The number of rotatable bonds is 5. The van der Waals surface area contributed by atoms with E-state index in [1.54, 1.807) is 29.5 Å². The molecule has 4 rings (SSSR count). The number of nitrogens with zero attached hydrogens (tertiary/aromatic N) is 3. The third-order valence-corrected chi connectivity index (χ3v) is 5.21. The maximum absolute atomic E-state index is 12.5. The Morgan fingerprint density at radius 2 is 2.12 bits per heavy atom. The molecule has 0 amide bonds. The van der Waals surface area contributed by atoms with Crippen LogP contribution in [0.1, 0.15) is 22.4 Å². The van der Waals surface area contributed by atoms with E-state index in [0.29, 0.717) is 11.4 Å². The van der Waals surface area contributed by atoms with Crippen LogP contribution in [-0.2, 0) is 12.8 Å². The lowest BCUT2D eigenvalue weighted by Gasteiger charge is -2.07. The predicted molar refractivity (Wildman–Crippen MR) is 93.7 cm³/mol. The highest BCUT2D eigenvalue weighted by Crippen LogP contribution is 2.38. The van der Waals surface area contributed by atoms with Gasteiger partial charge in [0.1, 0.15) is 16.9 Å². The lowest BCUT2D eigenvalue weighted by molar-refractivity contribution is -0.0499. The summed E-state index contributed by atoms with van der Waals surface area (Å²) in [6, 6.07) is 6.49. The fraction of sp³-hybridized carbons (Fsp3) is 0.235. The van der Waals surface area contributed by atoms with Crippen LogP contribution in [0.15, 0.2) is 35.7 Å². The quantitative estimate of drug-likeness (QED) is 0.546. The van der Waals surface area contributed by atoms with E-state index in [-0.39, 0.29) is 5.75 Å². The van der Waals surface area contributed by atoms with E-state index in [2.05, 4.69) is 25.2 Å². The highest BCUT2D eigenvalue weighted by atomic mass is 32.1. The predicted octanol–water partition coefficient (Wildman–Crippen LogP) is 4.23. The number of anilines is 1. The van der Waals surface area contributed by atoms with Gasteiger partial charge in [-0.2, -0.15) is 13.9 Å². The average molecular weight is 360 g/mol. The van der Waals surface area contributed by atoms with Crippen LogP contribution in [0.4, 0.5) is 14.6 Å². The highest BCUT2D eigenvalue weighted by molar-refractivity contribution is 7.19. The number of ether oxygens (including phenoxy) is 1. The first-order chi connectivity index (χ1) is 12.2. The van der Waals surface area contributed by atoms with Gasteiger partial charge in [-0.3, -0.25) is 5.43 Å². The SMILES string of the molecule is FC(F)Oc1ccccc1/C=N\Nc1ncnc2sc3c(c12)CCC3. The fourth-order valence-electron chi connectivity index (χ4n) is 2.97. The Kier molecular flexibility index (Phi) is 4.27.